The van der Waals surface area contributed by atoms with Crippen LogP contribution in [0.25, 0.3) is 28.0 Å². The highest BCUT2D eigenvalue weighted by molar-refractivity contribution is 7.99. The molecule has 0 aromatic heterocycles. The lowest BCUT2D eigenvalue weighted by atomic mass is 9.58. The zero-order valence-electron chi connectivity index (χ0n) is 37.5. The van der Waals surface area contributed by atoms with Crippen LogP contribution < -0.4 is 18.9 Å². The predicted molar refractivity (Wildman–Crippen MR) is 254 cm³/mol. The van der Waals surface area contributed by atoms with Crippen molar-refractivity contribution in [3.63, 3.8) is 0 Å². The Morgan fingerprint density at radius 2 is 1.40 bits per heavy atom. The first-order chi connectivity index (χ1) is 30.2. The molecule has 3 aliphatic rings. The first-order valence-electron chi connectivity index (χ1n) is 22.7. The highest BCUT2D eigenvalue weighted by atomic mass is 32.2. The minimum Gasteiger partial charge on any atom is -0.496 e. The molecular weight excluding hydrogens is 785 g/mol. The summed E-state index contributed by atoms with van der Waals surface area (Å²) in [5, 5.41) is 12.8. The number of aliphatic hydroxyl groups excluding tert-OH is 1. The second kappa shape index (κ2) is 16.8. The number of ether oxygens (including phenoxy) is 4. The molecule has 1 fully saturated rings. The molecule has 1 unspecified atom stereocenters. The van der Waals surface area contributed by atoms with E-state index in [1.165, 1.54) is 51.1 Å². The van der Waals surface area contributed by atoms with Crippen molar-refractivity contribution in [2.24, 2.45) is 5.41 Å². The summed E-state index contributed by atoms with van der Waals surface area (Å²) in [6.07, 6.45) is 12.3. The molecule has 1 aliphatic heterocycles. The minimum absolute atomic E-state index is 0.01000. The molecule has 0 radical (unpaired) electrons. The van der Waals surface area contributed by atoms with Gasteiger partial charge in [0.05, 0.1) is 31.8 Å². The number of hydrogen-bond donors (Lipinski definition) is 1. The van der Waals surface area contributed by atoms with E-state index in [0.29, 0.717) is 18.6 Å². The molecule has 0 amide bonds. The summed E-state index contributed by atoms with van der Waals surface area (Å²) in [5.41, 5.74) is 11.0. The summed E-state index contributed by atoms with van der Waals surface area (Å²) >= 11 is 1.78. The second-order valence-electron chi connectivity index (χ2n) is 17.7. The molecule has 1 heterocycles. The van der Waals surface area contributed by atoms with Gasteiger partial charge in [-0.25, -0.2) is 0 Å². The third-order valence-corrected chi connectivity index (χ3v) is 15.9. The lowest BCUT2D eigenvalue weighted by Gasteiger charge is -2.47. The predicted octanol–water partition coefficient (Wildman–Crippen LogP) is 14.3. The fourth-order valence-corrected chi connectivity index (χ4v) is 11.9. The Hall–Kier alpha value is -5.17. The van der Waals surface area contributed by atoms with Gasteiger partial charge >= 0.3 is 0 Å². The van der Waals surface area contributed by atoms with Crippen LogP contribution in [0.4, 0.5) is 0 Å². The molecule has 1 spiro atoms. The zero-order valence-corrected chi connectivity index (χ0v) is 38.3. The smallest absolute Gasteiger partial charge is 0.178 e. The second-order valence-corrected chi connectivity index (χ2v) is 18.7. The number of aryl methyl sites for hydroxylation is 2. The Morgan fingerprint density at radius 3 is 2.00 bits per heavy atom. The van der Waals surface area contributed by atoms with E-state index in [4.69, 9.17) is 18.9 Å². The molecule has 0 saturated heterocycles. The van der Waals surface area contributed by atoms with Crippen LogP contribution in [0.1, 0.15) is 117 Å². The van der Waals surface area contributed by atoms with E-state index in [0.717, 1.165) is 93.0 Å². The average molecular weight is 845 g/mol. The Bertz CT molecular complexity index is 2630. The fourth-order valence-electron chi connectivity index (χ4n) is 10.8. The number of aliphatic hydroxyl groups is 1. The highest BCUT2D eigenvalue weighted by Gasteiger charge is 2.52. The summed E-state index contributed by atoms with van der Waals surface area (Å²) in [7, 11) is 1.78. The van der Waals surface area contributed by atoms with Crippen LogP contribution >= 0.6 is 11.8 Å². The van der Waals surface area contributed by atoms with Gasteiger partial charge in [-0.1, -0.05) is 112 Å². The van der Waals surface area contributed by atoms with Crippen molar-refractivity contribution in [2.45, 2.75) is 114 Å². The van der Waals surface area contributed by atoms with Gasteiger partial charge < -0.3 is 24.1 Å². The van der Waals surface area contributed by atoms with Gasteiger partial charge in [-0.3, -0.25) is 0 Å². The summed E-state index contributed by atoms with van der Waals surface area (Å²) in [4.78, 5) is 2.31. The molecular formula is C56H60O5S. The van der Waals surface area contributed by atoms with Gasteiger partial charge in [0.1, 0.15) is 23.0 Å². The molecule has 6 aromatic rings. The lowest BCUT2D eigenvalue weighted by Crippen LogP contribution is -2.38. The van der Waals surface area contributed by atoms with Gasteiger partial charge in [0.25, 0.3) is 0 Å². The van der Waals surface area contributed by atoms with Crippen molar-refractivity contribution in [2.75, 3.05) is 20.3 Å². The van der Waals surface area contributed by atoms with Gasteiger partial charge in [0.2, 0.25) is 0 Å². The zero-order chi connectivity index (χ0) is 43.2. The van der Waals surface area contributed by atoms with E-state index in [9.17, 15) is 5.11 Å². The van der Waals surface area contributed by atoms with E-state index in [1.807, 2.05) is 19.1 Å². The number of fused-ring (bicyclic) bond motifs is 10. The third kappa shape index (κ3) is 6.89. The maximum absolute atomic E-state index is 10.6. The molecule has 1 atom stereocenters. The van der Waals surface area contributed by atoms with Crippen LogP contribution in [-0.4, -0.2) is 25.4 Å². The minimum atomic E-state index is -0.962. The highest BCUT2D eigenvalue weighted by Crippen LogP contribution is 2.65. The molecule has 5 nitrogen and oxygen atoms in total. The Labute approximate surface area is 372 Å². The van der Waals surface area contributed by atoms with E-state index in [1.54, 1.807) is 18.9 Å². The first kappa shape index (κ1) is 42.1. The third-order valence-electron chi connectivity index (χ3n) is 14.5. The van der Waals surface area contributed by atoms with Crippen molar-refractivity contribution < 1.29 is 24.1 Å². The van der Waals surface area contributed by atoms with Crippen LogP contribution in [0.2, 0.25) is 0 Å². The van der Waals surface area contributed by atoms with Crippen LogP contribution in [0, 0.1) is 19.3 Å². The van der Waals surface area contributed by atoms with Crippen LogP contribution in [0.5, 0.6) is 23.0 Å². The normalized spacial score (nSPS) is 17.9. The molecule has 0 bridgehead atoms. The number of methoxy groups -OCH3 is 1. The number of benzene rings is 6. The van der Waals surface area contributed by atoms with Crippen molar-refractivity contribution >= 4 is 28.6 Å². The fraction of sp³-hybridized carbons (Fsp3) is 0.357. The molecule has 6 aromatic carbocycles. The average Bonchev–Trinajstić information content (AvgIpc) is 3.59. The molecule has 320 valence electrons. The van der Waals surface area contributed by atoms with E-state index < -0.39 is 5.60 Å². The topological polar surface area (TPSA) is 57.2 Å². The summed E-state index contributed by atoms with van der Waals surface area (Å²) in [5.74, 6) is 3.34. The standard InChI is InChI=1S/C56H60O5S/c1-8-31-60-42-22-18-40(19-23-42)56(39-16-20-41(21-17-39)59-11-4)26-25-44-51-50(43-24-15-38(35-57)32-47(43)55(51)29-27-54(9-2,10-3)28-30-55)45-34-49(48(58-7)33-46(45)52(44)61-56)62-53-36(5)13-12-14-37(53)6/h12-26,32-34,57H,8-11,27-31,35H2,1-7H3. The largest absolute Gasteiger partial charge is 0.496 e. The molecule has 2 aliphatic carbocycles. The Kier molecular flexibility index (Phi) is 11.4. The van der Waals surface area contributed by atoms with Crippen molar-refractivity contribution in [1.82, 2.24) is 0 Å². The van der Waals surface area contributed by atoms with Crippen LogP contribution in [0.3, 0.4) is 0 Å². The maximum Gasteiger partial charge on any atom is 0.178 e. The summed E-state index contributed by atoms with van der Waals surface area (Å²) < 4.78 is 26.2. The summed E-state index contributed by atoms with van der Waals surface area (Å²) in [6.45, 7) is 14.5. The monoisotopic (exact) mass is 844 g/mol. The van der Waals surface area contributed by atoms with Crippen LogP contribution in [0.15, 0.2) is 113 Å². The Morgan fingerprint density at radius 1 is 0.742 bits per heavy atom. The molecule has 62 heavy (non-hydrogen) atoms. The van der Waals surface area contributed by atoms with Gasteiger partial charge in [-0.05, 0) is 145 Å². The Balaban J connectivity index is 1.34. The van der Waals surface area contributed by atoms with Gasteiger partial charge in [0.15, 0.2) is 5.60 Å². The van der Waals surface area contributed by atoms with Gasteiger partial charge in [-0.15, -0.1) is 0 Å². The van der Waals surface area contributed by atoms with Crippen molar-refractivity contribution in [3.8, 4) is 34.1 Å². The van der Waals surface area contributed by atoms with Crippen LogP contribution in [-0.2, 0) is 17.6 Å². The van der Waals surface area contributed by atoms with Crippen molar-refractivity contribution in [3.05, 3.63) is 148 Å². The van der Waals surface area contributed by atoms with E-state index in [2.05, 4.69) is 132 Å². The maximum atomic E-state index is 10.6. The van der Waals surface area contributed by atoms with Crippen molar-refractivity contribution in [1.29, 1.82) is 0 Å². The first-order valence-corrected chi connectivity index (χ1v) is 23.5. The number of hydrogen-bond acceptors (Lipinski definition) is 6. The quantitative estimate of drug-likeness (QED) is 0.125. The molecule has 1 N–H and O–H groups in total. The van der Waals surface area contributed by atoms with Gasteiger partial charge in [-0.2, -0.15) is 0 Å². The molecule has 6 heteroatoms. The van der Waals surface area contributed by atoms with Gasteiger partial charge in [0, 0.05) is 32.4 Å². The summed E-state index contributed by atoms with van der Waals surface area (Å²) in [6, 6.07) is 34.6. The molecule has 9 rings (SSSR count). The molecule has 1 saturated carbocycles. The van der Waals surface area contributed by atoms with E-state index >= 15 is 0 Å². The van der Waals surface area contributed by atoms with E-state index in [-0.39, 0.29) is 12.0 Å². The lowest BCUT2D eigenvalue weighted by molar-refractivity contribution is 0.132. The SMILES string of the molecule is CCCOc1ccc(C2(c3ccc(OCC)cc3)C=Cc3c4c(c5cc(Sc6c(C)cccc6C)c(OC)cc5c3O2)-c2ccc(CO)cc2C42CCC(CC)(CC)CC2)cc1. The number of rotatable bonds is 13.